The summed E-state index contributed by atoms with van der Waals surface area (Å²) in [5, 5.41) is 18.3. The number of aliphatic hydroxyl groups is 1. The number of pyridine rings is 2. The van der Waals surface area contributed by atoms with Crippen LogP contribution in [0.5, 0.6) is 5.75 Å². The minimum absolute atomic E-state index is 0.0136. The number of likely N-dealkylation sites (tertiary alicyclic amines) is 1. The number of ether oxygens (including phenoxy) is 1. The van der Waals surface area contributed by atoms with Crippen LogP contribution < -0.4 is 15.4 Å². The fraction of sp³-hybridized carbons (Fsp3) is 0.364. The van der Waals surface area contributed by atoms with Gasteiger partial charge in [0.1, 0.15) is 24.6 Å². The summed E-state index contributed by atoms with van der Waals surface area (Å²) < 4.78 is 6.01. The smallest absolute Gasteiger partial charge is 0.243 e. The number of piperidine rings is 1. The van der Waals surface area contributed by atoms with E-state index in [2.05, 4.69) is 69.1 Å². The number of benzene rings is 3. The number of aromatic nitrogens is 2. The minimum Gasteiger partial charge on any atom is -0.489 e. The molecule has 1 saturated heterocycles. The topological polar surface area (TPSA) is 117 Å². The lowest BCUT2D eigenvalue weighted by Gasteiger charge is -2.35. The Bertz CT molecular complexity index is 1800. The van der Waals surface area contributed by atoms with Crippen molar-refractivity contribution < 1.29 is 19.4 Å². The summed E-state index contributed by atoms with van der Waals surface area (Å²) in [5.74, 6) is 0.115. The molecule has 53 heavy (non-hydrogen) atoms. The van der Waals surface area contributed by atoms with Gasteiger partial charge >= 0.3 is 0 Å². The average Bonchev–Trinajstić information content (AvgIpc) is 3.20. The van der Waals surface area contributed by atoms with Gasteiger partial charge in [-0.25, -0.2) is 0 Å². The highest BCUT2D eigenvalue weighted by Crippen LogP contribution is 2.25. The molecule has 0 radical (unpaired) electrons. The molecule has 0 spiro atoms. The second-order valence-corrected chi connectivity index (χ2v) is 14.0. The third-order valence-electron chi connectivity index (χ3n) is 10.2. The Morgan fingerprint density at radius 3 is 2.09 bits per heavy atom. The van der Waals surface area contributed by atoms with Gasteiger partial charge in [0.05, 0.1) is 5.52 Å². The number of nitrogens with one attached hydrogen (secondary N) is 2. The Balaban J connectivity index is 1.04. The lowest BCUT2D eigenvalue weighted by atomic mass is 9.94. The van der Waals surface area contributed by atoms with Gasteiger partial charge in [0.15, 0.2) is 0 Å². The number of fused-ring (bicyclic) bond motifs is 1. The lowest BCUT2D eigenvalue weighted by molar-refractivity contribution is -0.133. The molecule has 1 aliphatic rings. The Labute approximate surface area is 312 Å². The van der Waals surface area contributed by atoms with E-state index >= 15 is 0 Å². The normalized spacial score (nSPS) is 14.8. The number of carbonyl (C=O) groups is 2. The van der Waals surface area contributed by atoms with E-state index < -0.39 is 12.3 Å². The van der Waals surface area contributed by atoms with Crippen LogP contribution in [-0.2, 0) is 28.9 Å². The van der Waals surface area contributed by atoms with Crippen molar-refractivity contribution in [1.29, 1.82) is 0 Å². The van der Waals surface area contributed by atoms with E-state index in [4.69, 9.17) is 4.74 Å². The van der Waals surface area contributed by atoms with Gasteiger partial charge in [-0.15, -0.1) is 0 Å². The zero-order chi connectivity index (χ0) is 36.7. The second-order valence-electron chi connectivity index (χ2n) is 14.0. The van der Waals surface area contributed by atoms with Crippen molar-refractivity contribution in [2.24, 2.45) is 5.92 Å². The first-order valence-electron chi connectivity index (χ1n) is 19.0. The van der Waals surface area contributed by atoms with Crippen LogP contribution in [-0.4, -0.2) is 69.8 Å². The van der Waals surface area contributed by atoms with Crippen LogP contribution in [0.15, 0.2) is 122 Å². The van der Waals surface area contributed by atoms with Gasteiger partial charge in [-0.3, -0.25) is 24.5 Å². The fourth-order valence-electron chi connectivity index (χ4n) is 7.17. The van der Waals surface area contributed by atoms with Crippen LogP contribution in [0.25, 0.3) is 10.9 Å². The summed E-state index contributed by atoms with van der Waals surface area (Å²) in [5.41, 5.74) is 4.30. The van der Waals surface area contributed by atoms with Crippen LogP contribution in [0.3, 0.4) is 0 Å². The van der Waals surface area contributed by atoms with Crippen molar-refractivity contribution in [2.75, 3.05) is 19.7 Å². The molecule has 3 N–H and O–H groups in total. The van der Waals surface area contributed by atoms with Crippen molar-refractivity contribution in [3.8, 4) is 5.75 Å². The third kappa shape index (κ3) is 11.4. The third-order valence-corrected chi connectivity index (χ3v) is 10.2. The SMILES string of the molecule is O=C(N[C@@H](Cc1cccnc1)C(=O)NC(CCCc1ccccc1)CCCc1ccccc1)C1CCN([C@@H](O)COc2cccc3ncccc23)CC1. The van der Waals surface area contributed by atoms with Gasteiger partial charge in [0, 0.05) is 55.4 Å². The number of amides is 2. The monoisotopic (exact) mass is 713 g/mol. The molecule has 9 heteroatoms. The summed E-state index contributed by atoms with van der Waals surface area (Å²) >= 11 is 0. The predicted molar refractivity (Wildman–Crippen MR) is 208 cm³/mol. The van der Waals surface area contributed by atoms with Crippen LogP contribution in [0.2, 0.25) is 0 Å². The van der Waals surface area contributed by atoms with Gasteiger partial charge in [-0.2, -0.15) is 0 Å². The van der Waals surface area contributed by atoms with E-state index in [0.29, 0.717) is 38.1 Å². The minimum atomic E-state index is -0.809. The van der Waals surface area contributed by atoms with Crippen LogP contribution in [0.4, 0.5) is 0 Å². The number of aliphatic hydroxyl groups excluding tert-OH is 1. The van der Waals surface area contributed by atoms with Crippen molar-refractivity contribution in [2.45, 2.75) is 76.1 Å². The van der Waals surface area contributed by atoms with Crippen molar-refractivity contribution in [3.63, 3.8) is 0 Å². The molecule has 0 unspecified atom stereocenters. The molecule has 2 atom stereocenters. The number of carbonyl (C=O) groups excluding carboxylic acids is 2. The molecular formula is C44H51N5O4. The summed E-state index contributed by atoms with van der Waals surface area (Å²) in [4.78, 5) is 38.4. The van der Waals surface area contributed by atoms with Gasteiger partial charge in [-0.05, 0) is 98.4 Å². The Hall–Kier alpha value is -5.12. The van der Waals surface area contributed by atoms with E-state index in [9.17, 15) is 14.7 Å². The molecule has 0 bridgehead atoms. The van der Waals surface area contributed by atoms with E-state index in [0.717, 1.165) is 55.0 Å². The number of hydrogen-bond acceptors (Lipinski definition) is 7. The maximum Gasteiger partial charge on any atom is 0.243 e. The molecule has 0 saturated carbocycles. The second kappa shape index (κ2) is 19.6. The van der Waals surface area contributed by atoms with Gasteiger partial charge in [0.25, 0.3) is 0 Å². The maximum absolute atomic E-state index is 14.0. The summed E-state index contributed by atoms with van der Waals surface area (Å²) in [6.07, 6.45) is 11.4. The van der Waals surface area contributed by atoms with Crippen molar-refractivity contribution in [1.82, 2.24) is 25.5 Å². The number of rotatable bonds is 18. The largest absolute Gasteiger partial charge is 0.489 e. The molecular weight excluding hydrogens is 663 g/mol. The molecule has 2 amide bonds. The Kier molecular flexibility index (Phi) is 13.9. The predicted octanol–water partition coefficient (Wildman–Crippen LogP) is 6.30. The van der Waals surface area contributed by atoms with E-state index in [1.807, 2.05) is 59.5 Å². The summed E-state index contributed by atoms with van der Waals surface area (Å²) in [6.45, 7) is 1.20. The first-order valence-corrected chi connectivity index (χ1v) is 19.0. The fourth-order valence-corrected chi connectivity index (χ4v) is 7.17. The average molecular weight is 714 g/mol. The highest BCUT2D eigenvalue weighted by Gasteiger charge is 2.31. The molecule has 276 valence electrons. The first kappa shape index (κ1) is 37.6. The van der Waals surface area contributed by atoms with Crippen molar-refractivity contribution in [3.05, 3.63) is 138 Å². The molecule has 3 aromatic carbocycles. The van der Waals surface area contributed by atoms with Crippen LogP contribution in [0.1, 0.15) is 55.2 Å². The Morgan fingerprint density at radius 1 is 0.774 bits per heavy atom. The first-order chi connectivity index (χ1) is 26.0. The summed E-state index contributed by atoms with van der Waals surface area (Å²) in [7, 11) is 0. The maximum atomic E-state index is 14.0. The van der Waals surface area contributed by atoms with Gasteiger partial charge < -0.3 is 20.5 Å². The molecule has 2 aromatic heterocycles. The number of aryl methyl sites for hydroxylation is 2. The number of nitrogens with zero attached hydrogens (tertiary/aromatic N) is 3. The van der Waals surface area contributed by atoms with Gasteiger partial charge in [0.2, 0.25) is 11.8 Å². The van der Waals surface area contributed by atoms with Crippen molar-refractivity contribution >= 4 is 22.7 Å². The zero-order valence-electron chi connectivity index (χ0n) is 30.4. The highest BCUT2D eigenvalue weighted by atomic mass is 16.5. The van der Waals surface area contributed by atoms with E-state index in [1.165, 1.54) is 11.1 Å². The zero-order valence-corrected chi connectivity index (χ0v) is 30.4. The van der Waals surface area contributed by atoms with Crippen LogP contribution in [0, 0.1) is 5.92 Å². The highest BCUT2D eigenvalue weighted by molar-refractivity contribution is 5.89. The quantitative estimate of drug-likeness (QED) is 0.0977. The molecule has 9 nitrogen and oxygen atoms in total. The number of hydrogen-bond donors (Lipinski definition) is 3. The standard InChI is InChI=1S/C44H51N5O4/c50-42(32-53-41-23-9-22-39-38(41)21-11-27-46-39)49-28-24-36(25-29-49)43(51)48-40(30-35-18-10-26-45-31-35)44(52)47-37(19-7-16-33-12-3-1-4-13-33)20-8-17-34-14-5-2-6-15-34/h1-6,9-15,18,21-23,26-27,31,36-37,40,42,50H,7-8,16-17,19-20,24-25,28-30,32H2,(H,47,52)(H,48,51)/t40-,42-/m0/s1. The van der Waals surface area contributed by atoms with Crippen LogP contribution >= 0.6 is 0 Å². The van der Waals surface area contributed by atoms with E-state index in [1.54, 1.807) is 18.6 Å². The van der Waals surface area contributed by atoms with E-state index in [-0.39, 0.29) is 30.4 Å². The molecule has 0 aliphatic carbocycles. The summed E-state index contributed by atoms with van der Waals surface area (Å²) in [6, 6.07) is 33.4. The molecule has 3 heterocycles. The lowest BCUT2D eigenvalue weighted by Crippen LogP contribution is -2.53. The molecule has 6 rings (SSSR count). The molecule has 5 aromatic rings. The molecule has 1 aliphatic heterocycles. The molecule has 1 fully saturated rings. The Morgan fingerprint density at radius 2 is 1.43 bits per heavy atom. The van der Waals surface area contributed by atoms with Gasteiger partial charge in [-0.1, -0.05) is 72.8 Å².